The summed E-state index contributed by atoms with van der Waals surface area (Å²) in [6, 6.07) is 26.1. The highest BCUT2D eigenvalue weighted by Crippen LogP contribution is 2.43. The topological polar surface area (TPSA) is 24.4 Å². The van der Waals surface area contributed by atoms with E-state index in [0.29, 0.717) is 11.8 Å². The van der Waals surface area contributed by atoms with Crippen molar-refractivity contribution < 1.29 is 0 Å². The minimum absolute atomic E-state index is 0.421. The summed E-state index contributed by atoms with van der Waals surface area (Å²) in [7, 11) is 0. The molecule has 3 aromatic carbocycles. The third-order valence-corrected chi connectivity index (χ3v) is 8.05. The number of aliphatic imine (C=N–C) groups is 1. The highest BCUT2D eigenvalue weighted by molar-refractivity contribution is 7.99. The van der Waals surface area contributed by atoms with Crippen LogP contribution in [-0.2, 0) is 0 Å². The summed E-state index contributed by atoms with van der Waals surface area (Å²) in [6.07, 6.45) is 6.48. The van der Waals surface area contributed by atoms with Gasteiger partial charge in [-0.15, -0.1) is 0 Å². The van der Waals surface area contributed by atoms with Crippen LogP contribution in [0.3, 0.4) is 0 Å². The Kier molecular flexibility index (Phi) is 8.87. The van der Waals surface area contributed by atoms with Crippen LogP contribution in [0.15, 0.2) is 94.2 Å². The van der Waals surface area contributed by atoms with Crippen LogP contribution >= 0.6 is 11.8 Å². The number of hydrogen-bond acceptors (Lipinski definition) is 3. The number of fused-ring (bicyclic) bond motifs is 2. The van der Waals surface area contributed by atoms with E-state index in [0.717, 1.165) is 23.5 Å². The van der Waals surface area contributed by atoms with Crippen LogP contribution in [0.1, 0.15) is 75.5 Å². The molecule has 1 saturated carbocycles. The molecule has 3 aromatic rings. The van der Waals surface area contributed by atoms with Crippen LogP contribution in [0.2, 0.25) is 0 Å². The molecule has 1 aliphatic carbocycles. The molecule has 1 aliphatic heterocycles. The normalized spacial score (nSPS) is 15.9. The fourth-order valence-electron chi connectivity index (χ4n) is 4.92. The van der Waals surface area contributed by atoms with Gasteiger partial charge in [-0.2, -0.15) is 0 Å². The number of hydrogen-bond donors (Lipinski definition) is 1. The highest BCUT2D eigenvalue weighted by atomic mass is 32.2. The second-order valence-corrected chi connectivity index (χ2v) is 10.4. The Morgan fingerprint density at radius 3 is 2.43 bits per heavy atom. The molecule has 1 N–H and O–H groups in total. The van der Waals surface area contributed by atoms with Gasteiger partial charge in [-0.1, -0.05) is 113 Å². The van der Waals surface area contributed by atoms with Gasteiger partial charge in [-0.05, 0) is 48.1 Å². The first-order valence-corrected chi connectivity index (χ1v) is 14.0. The summed E-state index contributed by atoms with van der Waals surface area (Å²) in [5, 5.41) is 3.56. The Morgan fingerprint density at radius 1 is 0.943 bits per heavy atom. The van der Waals surface area contributed by atoms with Crippen LogP contribution in [0.4, 0.5) is 5.69 Å². The summed E-state index contributed by atoms with van der Waals surface area (Å²) in [5.74, 6) is 0.980. The molecule has 0 bridgehead atoms. The Bertz CT molecular complexity index is 1160. The Balaban J connectivity index is 0.00000141. The standard InChI is InChI=1S/C30H32N2S.C2H6/c1-21(23-11-5-3-6-12-23)20-31-22(2)25-17-18-29-27(19-25)32-30(24-13-7-4-8-14-24)26-15-9-10-16-28(26)33-29;1-2/h3,5-6,9-12,15-19,21,24,31H,2,4,7-8,13-14,20H2,1H3;1-2H3. The maximum absolute atomic E-state index is 5.32. The second-order valence-electron chi connectivity index (χ2n) is 9.28. The summed E-state index contributed by atoms with van der Waals surface area (Å²) < 4.78 is 0. The first kappa shape index (κ1) is 25.3. The average molecular weight is 483 g/mol. The van der Waals surface area contributed by atoms with Crippen LogP contribution < -0.4 is 5.32 Å². The predicted octanol–water partition coefficient (Wildman–Crippen LogP) is 9.24. The van der Waals surface area contributed by atoms with Gasteiger partial charge in [0.1, 0.15) is 0 Å². The summed E-state index contributed by atoms with van der Waals surface area (Å²) >= 11 is 1.84. The van der Waals surface area contributed by atoms with Crippen molar-refractivity contribution in [2.45, 2.75) is 68.6 Å². The fourth-order valence-corrected chi connectivity index (χ4v) is 5.93. The van der Waals surface area contributed by atoms with Gasteiger partial charge in [-0.3, -0.25) is 4.99 Å². The third-order valence-electron chi connectivity index (χ3n) is 6.91. The average Bonchev–Trinajstić information content (AvgIpc) is 3.10. The number of nitrogens with zero attached hydrogens (tertiary/aromatic N) is 1. The molecule has 0 amide bonds. The van der Waals surface area contributed by atoms with Crippen molar-refractivity contribution in [1.82, 2.24) is 5.32 Å². The van der Waals surface area contributed by atoms with Crippen molar-refractivity contribution in [2.75, 3.05) is 6.54 Å². The van der Waals surface area contributed by atoms with E-state index in [9.17, 15) is 0 Å². The molecule has 0 aromatic heterocycles. The lowest BCUT2D eigenvalue weighted by atomic mass is 9.83. The number of benzene rings is 3. The maximum Gasteiger partial charge on any atom is 0.0779 e. The first-order chi connectivity index (χ1) is 17.2. The molecule has 5 rings (SSSR count). The van der Waals surface area contributed by atoms with Crippen molar-refractivity contribution in [2.24, 2.45) is 10.9 Å². The number of nitrogens with one attached hydrogen (secondary N) is 1. The lowest BCUT2D eigenvalue weighted by Gasteiger charge is -2.24. The highest BCUT2D eigenvalue weighted by Gasteiger charge is 2.25. The van der Waals surface area contributed by atoms with Gasteiger partial charge < -0.3 is 5.32 Å². The zero-order valence-corrected chi connectivity index (χ0v) is 22.2. The van der Waals surface area contributed by atoms with E-state index < -0.39 is 0 Å². The van der Waals surface area contributed by atoms with Gasteiger partial charge in [0.2, 0.25) is 0 Å². The van der Waals surface area contributed by atoms with Crippen molar-refractivity contribution in [1.29, 1.82) is 0 Å². The quantitative estimate of drug-likeness (QED) is 0.378. The molecule has 2 aliphatic rings. The molecule has 1 unspecified atom stereocenters. The maximum atomic E-state index is 5.32. The van der Waals surface area contributed by atoms with E-state index >= 15 is 0 Å². The van der Waals surface area contributed by atoms with E-state index in [1.165, 1.54) is 58.7 Å². The molecule has 1 atom stereocenters. The first-order valence-electron chi connectivity index (χ1n) is 13.2. The van der Waals surface area contributed by atoms with Gasteiger partial charge in [0.05, 0.1) is 11.4 Å². The molecular formula is C32H38N2S. The molecule has 182 valence electrons. The molecule has 1 heterocycles. The lowest BCUT2D eigenvalue weighted by molar-refractivity contribution is 0.439. The van der Waals surface area contributed by atoms with E-state index in [2.05, 4.69) is 91.6 Å². The Morgan fingerprint density at radius 2 is 1.66 bits per heavy atom. The molecule has 0 saturated heterocycles. The molecule has 35 heavy (non-hydrogen) atoms. The third kappa shape index (κ3) is 6.08. The van der Waals surface area contributed by atoms with E-state index in [1.807, 2.05) is 25.6 Å². The number of rotatable bonds is 6. The van der Waals surface area contributed by atoms with Crippen LogP contribution in [-0.4, -0.2) is 12.3 Å². The molecule has 0 spiro atoms. The van der Waals surface area contributed by atoms with Crippen LogP contribution in [0.25, 0.3) is 5.70 Å². The van der Waals surface area contributed by atoms with Gasteiger partial charge in [-0.25, -0.2) is 0 Å². The lowest BCUT2D eigenvalue weighted by Crippen LogP contribution is -2.19. The smallest absolute Gasteiger partial charge is 0.0779 e. The molecule has 0 radical (unpaired) electrons. The van der Waals surface area contributed by atoms with Gasteiger partial charge in [0, 0.05) is 33.5 Å². The molecule has 3 heteroatoms. The van der Waals surface area contributed by atoms with Gasteiger partial charge in [0.15, 0.2) is 0 Å². The minimum Gasteiger partial charge on any atom is -0.384 e. The van der Waals surface area contributed by atoms with Gasteiger partial charge >= 0.3 is 0 Å². The SMILES string of the molecule is C=C(NCC(C)c1ccccc1)c1ccc2c(c1)N=C(C1CCCCC1)c1ccccc1S2.CC. The monoisotopic (exact) mass is 482 g/mol. The Hall–Kier alpha value is -2.78. The van der Waals surface area contributed by atoms with Crippen LogP contribution in [0.5, 0.6) is 0 Å². The fraction of sp³-hybridized carbons (Fsp3) is 0.344. The largest absolute Gasteiger partial charge is 0.384 e. The molecular weight excluding hydrogens is 444 g/mol. The van der Waals surface area contributed by atoms with Crippen LogP contribution in [0, 0.1) is 5.92 Å². The Labute approximate surface area is 216 Å². The van der Waals surface area contributed by atoms with Crippen molar-refractivity contribution in [3.63, 3.8) is 0 Å². The molecule has 2 nitrogen and oxygen atoms in total. The summed E-state index contributed by atoms with van der Waals surface area (Å²) in [5.41, 5.74) is 7.10. The van der Waals surface area contributed by atoms with Crippen molar-refractivity contribution in [3.8, 4) is 0 Å². The zero-order chi connectivity index (χ0) is 24.6. The van der Waals surface area contributed by atoms with E-state index in [4.69, 9.17) is 4.99 Å². The zero-order valence-electron chi connectivity index (χ0n) is 21.4. The van der Waals surface area contributed by atoms with E-state index in [-0.39, 0.29) is 0 Å². The van der Waals surface area contributed by atoms with Gasteiger partial charge in [0.25, 0.3) is 0 Å². The summed E-state index contributed by atoms with van der Waals surface area (Å²) in [4.78, 5) is 7.86. The second kappa shape index (κ2) is 12.3. The van der Waals surface area contributed by atoms with Crippen molar-refractivity contribution in [3.05, 3.63) is 96.1 Å². The predicted molar refractivity (Wildman–Crippen MR) is 153 cm³/mol. The van der Waals surface area contributed by atoms with Crippen molar-refractivity contribution >= 4 is 28.9 Å². The van der Waals surface area contributed by atoms with E-state index in [1.54, 1.807) is 0 Å². The summed E-state index contributed by atoms with van der Waals surface area (Å²) in [6.45, 7) is 11.5. The molecule has 1 fully saturated rings. The minimum atomic E-state index is 0.421.